The number of rotatable bonds is 1. The Morgan fingerprint density at radius 2 is 2.33 bits per heavy atom. The molecule has 1 aliphatic heterocycles. The van der Waals surface area contributed by atoms with Gasteiger partial charge in [0.2, 0.25) is 0 Å². The number of hydrogen-bond acceptors (Lipinski definition) is 2. The van der Waals surface area contributed by atoms with E-state index in [9.17, 15) is 0 Å². The van der Waals surface area contributed by atoms with Crippen molar-refractivity contribution < 1.29 is 0 Å². The maximum Gasteiger partial charge on any atom is 0.0457 e. The van der Waals surface area contributed by atoms with Crippen molar-refractivity contribution in [2.75, 3.05) is 13.2 Å². The van der Waals surface area contributed by atoms with Crippen LogP contribution in [0.2, 0.25) is 0 Å². The summed E-state index contributed by atoms with van der Waals surface area (Å²) in [5, 5.41) is 0. The van der Waals surface area contributed by atoms with Crippen LogP contribution in [0.3, 0.4) is 0 Å². The van der Waals surface area contributed by atoms with Crippen LogP contribution in [0.4, 0.5) is 0 Å². The molecule has 1 aliphatic rings. The van der Waals surface area contributed by atoms with Crippen molar-refractivity contribution in [2.24, 2.45) is 5.73 Å². The second kappa shape index (κ2) is 4.09. The van der Waals surface area contributed by atoms with Gasteiger partial charge in [-0.1, -0.05) is 0 Å². The fourth-order valence-electron chi connectivity index (χ4n) is 1.26. The summed E-state index contributed by atoms with van der Waals surface area (Å²) in [5.41, 5.74) is 5.45. The molecule has 3 heteroatoms. The van der Waals surface area contributed by atoms with Gasteiger partial charge in [0.1, 0.15) is 0 Å². The second-order valence-electron chi connectivity index (χ2n) is 2.49. The monoisotopic (exact) mass is 150 g/mol. The van der Waals surface area contributed by atoms with Crippen molar-refractivity contribution in [1.82, 2.24) is 4.90 Å². The molecule has 0 aliphatic carbocycles. The normalized spacial score (nSPS) is 28.0. The van der Waals surface area contributed by atoms with Crippen LogP contribution in [0.1, 0.15) is 19.8 Å². The Kier molecular flexibility index (Phi) is 4.19. The molecule has 1 atom stereocenters. The van der Waals surface area contributed by atoms with Crippen LogP contribution < -0.4 is 5.73 Å². The van der Waals surface area contributed by atoms with Gasteiger partial charge in [0.25, 0.3) is 0 Å². The Labute approximate surface area is 62.8 Å². The molecule has 0 amide bonds. The highest BCUT2D eigenvalue weighted by Gasteiger charge is 2.17. The van der Waals surface area contributed by atoms with Crippen LogP contribution in [-0.4, -0.2) is 24.2 Å². The predicted octanol–water partition coefficient (Wildman–Crippen LogP) is 0.809. The minimum absolute atomic E-state index is 0. The zero-order chi connectivity index (χ0) is 5.98. The van der Waals surface area contributed by atoms with Crippen molar-refractivity contribution in [3.8, 4) is 0 Å². The fourth-order valence-corrected chi connectivity index (χ4v) is 1.26. The van der Waals surface area contributed by atoms with Gasteiger partial charge in [-0.05, 0) is 26.3 Å². The Balaban J connectivity index is 0.000000640. The number of halogens is 1. The average Bonchev–Trinajstić information content (AvgIpc) is 2.14. The second-order valence-corrected chi connectivity index (χ2v) is 2.49. The quantitative estimate of drug-likeness (QED) is 0.600. The van der Waals surface area contributed by atoms with E-state index in [0.29, 0.717) is 0 Å². The van der Waals surface area contributed by atoms with Crippen LogP contribution in [0.15, 0.2) is 0 Å². The SMILES string of the molecule is CC1CCCN1CN.Cl. The topological polar surface area (TPSA) is 29.3 Å². The molecule has 0 spiro atoms. The first-order valence-corrected chi connectivity index (χ1v) is 3.28. The molecule has 1 heterocycles. The lowest BCUT2D eigenvalue weighted by Gasteiger charge is -2.17. The van der Waals surface area contributed by atoms with Gasteiger partial charge in [-0.3, -0.25) is 4.90 Å². The van der Waals surface area contributed by atoms with E-state index < -0.39 is 0 Å². The van der Waals surface area contributed by atoms with Gasteiger partial charge in [0.05, 0.1) is 0 Å². The molecule has 1 rings (SSSR count). The van der Waals surface area contributed by atoms with Crippen molar-refractivity contribution >= 4 is 12.4 Å². The van der Waals surface area contributed by atoms with E-state index in [2.05, 4.69) is 11.8 Å². The third kappa shape index (κ3) is 2.12. The van der Waals surface area contributed by atoms with E-state index in [1.165, 1.54) is 19.4 Å². The molecule has 1 unspecified atom stereocenters. The van der Waals surface area contributed by atoms with Gasteiger partial charge in [-0.2, -0.15) is 0 Å². The van der Waals surface area contributed by atoms with E-state index in [1.807, 2.05) is 0 Å². The van der Waals surface area contributed by atoms with Crippen molar-refractivity contribution in [3.05, 3.63) is 0 Å². The molecule has 2 nitrogen and oxygen atoms in total. The summed E-state index contributed by atoms with van der Waals surface area (Å²) < 4.78 is 0. The molecule has 0 radical (unpaired) electrons. The lowest BCUT2D eigenvalue weighted by Crippen LogP contribution is -2.32. The smallest absolute Gasteiger partial charge is 0.0457 e. The van der Waals surface area contributed by atoms with Gasteiger partial charge in [0, 0.05) is 12.7 Å². The lowest BCUT2D eigenvalue weighted by molar-refractivity contribution is 0.277. The Morgan fingerprint density at radius 1 is 1.67 bits per heavy atom. The molecule has 0 saturated carbocycles. The number of likely N-dealkylation sites (tertiary alicyclic amines) is 1. The predicted molar refractivity (Wildman–Crippen MR) is 41.7 cm³/mol. The lowest BCUT2D eigenvalue weighted by atomic mass is 10.2. The van der Waals surface area contributed by atoms with Gasteiger partial charge in [0.15, 0.2) is 0 Å². The third-order valence-corrected chi connectivity index (χ3v) is 1.93. The molecule has 1 fully saturated rings. The molecule has 0 aromatic rings. The minimum atomic E-state index is 0. The van der Waals surface area contributed by atoms with Gasteiger partial charge >= 0.3 is 0 Å². The third-order valence-electron chi connectivity index (χ3n) is 1.93. The fraction of sp³-hybridized carbons (Fsp3) is 1.00. The van der Waals surface area contributed by atoms with Gasteiger partial charge in [-0.25, -0.2) is 0 Å². The summed E-state index contributed by atoms with van der Waals surface area (Å²) in [4.78, 5) is 2.31. The summed E-state index contributed by atoms with van der Waals surface area (Å²) in [6.45, 7) is 4.18. The first-order chi connectivity index (χ1) is 3.84. The highest BCUT2D eigenvalue weighted by atomic mass is 35.5. The maximum atomic E-state index is 5.45. The molecule has 2 N–H and O–H groups in total. The van der Waals surface area contributed by atoms with E-state index in [0.717, 1.165) is 12.7 Å². The summed E-state index contributed by atoms with van der Waals surface area (Å²) in [6.07, 6.45) is 2.66. The van der Waals surface area contributed by atoms with Gasteiger partial charge < -0.3 is 5.73 Å². The van der Waals surface area contributed by atoms with Crippen LogP contribution in [0.25, 0.3) is 0 Å². The summed E-state index contributed by atoms with van der Waals surface area (Å²) >= 11 is 0. The first kappa shape index (κ1) is 9.21. The minimum Gasteiger partial charge on any atom is -0.318 e. The average molecular weight is 151 g/mol. The van der Waals surface area contributed by atoms with E-state index >= 15 is 0 Å². The summed E-state index contributed by atoms with van der Waals surface area (Å²) in [5.74, 6) is 0. The van der Waals surface area contributed by atoms with Crippen molar-refractivity contribution in [3.63, 3.8) is 0 Å². The van der Waals surface area contributed by atoms with E-state index in [4.69, 9.17) is 5.73 Å². The Hall–Kier alpha value is 0.210. The molecule has 9 heavy (non-hydrogen) atoms. The molecule has 0 bridgehead atoms. The van der Waals surface area contributed by atoms with Gasteiger partial charge in [-0.15, -0.1) is 12.4 Å². The highest BCUT2D eigenvalue weighted by Crippen LogP contribution is 2.13. The maximum absolute atomic E-state index is 5.45. The highest BCUT2D eigenvalue weighted by molar-refractivity contribution is 5.85. The van der Waals surface area contributed by atoms with E-state index in [-0.39, 0.29) is 12.4 Å². The Bertz CT molecular complexity index is 77.5. The molecule has 0 aromatic carbocycles. The van der Waals surface area contributed by atoms with Crippen LogP contribution >= 0.6 is 12.4 Å². The Morgan fingerprint density at radius 3 is 2.56 bits per heavy atom. The van der Waals surface area contributed by atoms with Crippen LogP contribution in [0, 0.1) is 0 Å². The molecular weight excluding hydrogens is 136 g/mol. The first-order valence-electron chi connectivity index (χ1n) is 3.28. The van der Waals surface area contributed by atoms with Crippen molar-refractivity contribution in [1.29, 1.82) is 0 Å². The molecule has 1 saturated heterocycles. The van der Waals surface area contributed by atoms with E-state index in [1.54, 1.807) is 0 Å². The molecular formula is C6H15ClN2. The molecule has 56 valence electrons. The van der Waals surface area contributed by atoms with Crippen LogP contribution in [-0.2, 0) is 0 Å². The van der Waals surface area contributed by atoms with Crippen LogP contribution in [0.5, 0.6) is 0 Å². The standard InChI is InChI=1S/C6H14N2.ClH/c1-6-3-2-4-8(6)5-7;/h6H,2-5,7H2,1H3;1H. The zero-order valence-electron chi connectivity index (χ0n) is 5.84. The summed E-state index contributed by atoms with van der Waals surface area (Å²) in [6, 6.07) is 0.736. The number of nitrogens with zero attached hydrogens (tertiary/aromatic N) is 1. The number of hydrogen-bond donors (Lipinski definition) is 1. The summed E-state index contributed by atoms with van der Waals surface area (Å²) in [7, 11) is 0. The van der Waals surface area contributed by atoms with Crippen molar-refractivity contribution in [2.45, 2.75) is 25.8 Å². The zero-order valence-corrected chi connectivity index (χ0v) is 6.66. The number of nitrogens with two attached hydrogens (primary N) is 1. The molecule has 0 aromatic heterocycles. The largest absolute Gasteiger partial charge is 0.318 e.